The second-order valence-corrected chi connectivity index (χ2v) is 12.9. The maximum absolute atomic E-state index is 12.7. The Morgan fingerprint density at radius 3 is 2.40 bits per heavy atom. The number of ether oxygens (including phenoxy) is 1. The number of ketones is 1. The smallest absolute Gasteiger partial charge is 0.250 e. The van der Waals surface area contributed by atoms with E-state index in [0.29, 0.717) is 17.7 Å². The molecule has 0 aliphatic carbocycles. The molecule has 0 radical (unpaired) electrons. The molecule has 2 aromatic carbocycles. The van der Waals surface area contributed by atoms with Gasteiger partial charge in [0.25, 0.3) is 0 Å². The van der Waals surface area contributed by atoms with Crippen molar-refractivity contribution in [1.29, 1.82) is 0 Å². The van der Waals surface area contributed by atoms with Crippen LogP contribution in [0.4, 0.5) is 0 Å². The lowest BCUT2D eigenvalue weighted by molar-refractivity contribution is 0.0849. The lowest BCUT2D eigenvalue weighted by Gasteiger charge is -2.36. The Hall–Kier alpha value is -2.07. The van der Waals surface area contributed by atoms with Crippen LogP contribution < -0.4 is 9.16 Å². The number of carbonyl (C=O) groups excluding carboxylic acids is 1. The van der Waals surface area contributed by atoms with Gasteiger partial charge in [-0.2, -0.15) is 0 Å². The molecule has 0 saturated heterocycles. The Labute approximate surface area is 151 Å². The first-order chi connectivity index (χ1) is 11.7. The van der Waals surface area contributed by atoms with Crippen LogP contribution in [-0.2, 0) is 0 Å². The first-order valence-electron chi connectivity index (χ1n) is 8.75. The molecule has 3 rings (SSSR count). The van der Waals surface area contributed by atoms with E-state index in [2.05, 4.69) is 33.9 Å². The molecule has 0 N–H and O–H groups in total. The predicted octanol–water partition coefficient (Wildman–Crippen LogP) is 5.78. The van der Waals surface area contributed by atoms with E-state index in [9.17, 15) is 4.79 Å². The fourth-order valence-corrected chi connectivity index (χ4v) is 3.69. The Balaban J connectivity index is 1.85. The molecular weight excluding hydrogens is 328 g/mol. The van der Waals surface area contributed by atoms with E-state index in [4.69, 9.17) is 9.16 Å². The third kappa shape index (κ3) is 3.64. The van der Waals surface area contributed by atoms with Crippen molar-refractivity contribution in [3.8, 4) is 11.5 Å². The molecule has 0 saturated carbocycles. The summed E-state index contributed by atoms with van der Waals surface area (Å²) in [5.74, 6) is 1.52. The van der Waals surface area contributed by atoms with Gasteiger partial charge in [0.15, 0.2) is 5.78 Å². The van der Waals surface area contributed by atoms with E-state index in [-0.39, 0.29) is 16.9 Å². The molecule has 0 spiro atoms. The average molecular weight is 355 g/mol. The van der Waals surface area contributed by atoms with E-state index in [1.807, 2.05) is 48.5 Å². The molecular formula is C21H26O3Si. The third-order valence-corrected chi connectivity index (χ3v) is 9.60. The lowest BCUT2D eigenvalue weighted by Crippen LogP contribution is -2.43. The first kappa shape index (κ1) is 17.7. The number of carbonyl (C=O) groups is 1. The minimum Gasteiger partial charge on any atom is -0.543 e. The van der Waals surface area contributed by atoms with Crippen LogP contribution in [0.15, 0.2) is 48.5 Å². The molecule has 1 aliphatic rings. The van der Waals surface area contributed by atoms with Crippen LogP contribution in [-0.4, -0.2) is 14.1 Å². The molecule has 0 fully saturated rings. The second-order valence-electron chi connectivity index (χ2n) is 8.16. The zero-order chi connectivity index (χ0) is 18.2. The van der Waals surface area contributed by atoms with Crippen molar-refractivity contribution < 1.29 is 14.0 Å². The van der Waals surface area contributed by atoms with Crippen molar-refractivity contribution in [1.82, 2.24) is 0 Å². The molecule has 1 aliphatic heterocycles. The largest absolute Gasteiger partial charge is 0.543 e. The maximum atomic E-state index is 12.7. The minimum atomic E-state index is -1.93. The summed E-state index contributed by atoms with van der Waals surface area (Å²) in [5, 5.41) is 0.113. The first-order valence-corrected chi connectivity index (χ1v) is 11.7. The monoisotopic (exact) mass is 354 g/mol. The molecule has 25 heavy (non-hydrogen) atoms. The van der Waals surface area contributed by atoms with Crippen molar-refractivity contribution >= 4 is 14.1 Å². The van der Waals surface area contributed by atoms with Crippen LogP contribution in [0.3, 0.4) is 0 Å². The topological polar surface area (TPSA) is 35.5 Å². The zero-order valence-corrected chi connectivity index (χ0v) is 16.6. The highest BCUT2D eigenvalue weighted by molar-refractivity contribution is 6.74. The third-order valence-electron chi connectivity index (χ3n) is 5.24. The molecule has 132 valence electrons. The quantitative estimate of drug-likeness (QED) is 0.656. The highest BCUT2D eigenvalue weighted by Crippen LogP contribution is 2.40. The predicted molar refractivity (Wildman–Crippen MR) is 103 cm³/mol. The SMILES string of the molecule is CC(C)(C)[Si](C)(C)Oc1ccc2c(c1)C(=O)CC(c1ccccc1)O2. The number of rotatable bonds is 3. The second kappa shape index (κ2) is 6.34. The number of hydrogen-bond acceptors (Lipinski definition) is 3. The maximum Gasteiger partial charge on any atom is 0.250 e. The van der Waals surface area contributed by atoms with Crippen LogP contribution in [0.2, 0.25) is 18.1 Å². The van der Waals surface area contributed by atoms with Crippen LogP contribution in [0.1, 0.15) is 49.2 Å². The van der Waals surface area contributed by atoms with Crippen LogP contribution in [0.5, 0.6) is 11.5 Å². The summed E-state index contributed by atoms with van der Waals surface area (Å²) >= 11 is 0. The van der Waals surface area contributed by atoms with Crippen LogP contribution >= 0.6 is 0 Å². The molecule has 2 aromatic rings. The summed E-state index contributed by atoms with van der Waals surface area (Å²) in [4.78, 5) is 12.7. The van der Waals surface area contributed by atoms with Gasteiger partial charge in [0, 0.05) is 0 Å². The highest BCUT2D eigenvalue weighted by Gasteiger charge is 2.39. The van der Waals surface area contributed by atoms with Gasteiger partial charge < -0.3 is 9.16 Å². The summed E-state index contributed by atoms with van der Waals surface area (Å²) in [7, 11) is -1.93. The number of hydrogen-bond donors (Lipinski definition) is 0. The molecule has 4 heteroatoms. The van der Waals surface area contributed by atoms with E-state index < -0.39 is 8.32 Å². The minimum absolute atomic E-state index is 0.107. The lowest BCUT2D eigenvalue weighted by atomic mass is 9.96. The van der Waals surface area contributed by atoms with Gasteiger partial charge in [-0.3, -0.25) is 4.79 Å². The van der Waals surface area contributed by atoms with Gasteiger partial charge in [-0.05, 0) is 41.9 Å². The molecule has 0 amide bonds. The van der Waals surface area contributed by atoms with Crippen molar-refractivity contribution in [3.05, 3.63) is 59.7 Å². The van der Waals surface area contributed by atoms with Gasteiger partial charge in [-0.25, -0.2) is 0 Å². The number of benzene rings is 2. The Bertz CT molecular complexity index is 775. The summed E-state index contributed by atoms with van der Waals surface area (Å²) in [5.41, 5.74) is 1.66. The number of Topliss-reactive ketones (excluding diaryl/α,β-unsaturated/α-hetero) is 1. The van der Waals surface area contributed by atoms with Gasteiger partial charge in [-0.1, -0.05) is 51.1 Å². The average Bonchev–Trinajstić information content (AvgIpc) is 2.55. The van der Waals surface area contributed by atoms with Gasteiger partial charge in [-0.15, -0.1) is 0 Å². The molecule has 1 heterocycles. The molecule has 1 unspecified atom stereocenters. The van der Waals surface area contributed by atoms with Crippen molar-refractivity contribution in [3.63, 3.8) is 0 Å². The van der Waals surface area contributed by atoms with Crippen molar-refractivity contribution in [2.24, 2.45) is 0 Å². The highest BCUT2D eigenvalue weighted by atomic mass is 28.4. The fraction of sp³-hybridized carbons (Fsp3) is 0.381. The van der Waals surface area contributed by atoms with Crippen LogP contribution in [0.25, 0.3) is 0 Å². The summed E-state index contributed by atoms with van der Waals surface area (Å²) < 4.78 is 12.4. The standard InChI is InChI=1S/C21H26O3Si/c1-21(2,3)25(4,5)24-16-11-12-19-17(13-16)18(22)14-20(23-19)15-9-7-6-8-10-15/h6-13,20H,14H2,1-5H3. The van der Waals surface area contributed by atoms with Gasteiger partial charge in [0.2, 0.25) is 8.32 Å². The van der Waals surface area contributed by atoms with E-state index in [1.54, 1.807) is 0 Å². The fourth-order valence-electron chi connectivity index (χ4n) is 2.67. The van der Waals surface area contributed by atoms with Crippen LogP contribution in [0, 0.1) is 0 Å². The Morgan fingerprint density at radius 2 is 1.76 bits per heavy atom. The summed E-state index contributed by atoms with van der Waals surface area (Å²) in [6, 6.07) is 15.5. The molecule has 0 aromatic heterocycles. The van der Waals surface area contributed by atoms with E-state index >= 15 is 0 Å². The molecule has 3 nitrogen and oxygen atoms in total. The molecule has 1 atom stereocenters. The van der Waals surface area contributed by atoms with Crippen molar-refractivity contribution in [2.75, 3.05) is 0 Å². The van der Waals surface area contributed by atoms with Gasteiger partial charge in [0.05, 0.1) is 12.0 Å². The van der Waals surface area contributed by atoms with Gasteiger partial charge >= 0.3 is 0 Å². The summed E-state index contributed by atoms with van der Waals surface area (Å²) in [6.07, 6.45) is 0.147. The Kier molecular flexibility index (Phi) is 4.50. The molecule has 0 bridgehead atoms. The number of fused-ring (bicyclic) bond motifs is 1. The van der Waals surface area contributed by atoms with Crippen molar-refractivity contribution in [2.45, 2.75) is 51.4 Å². The van der Waals surface area contributed by atoms with E-state index in [1.165, 1.54) is 0 Å². The van der Waals surface area contributed by atoms with Gasteiger partial charge in [0.1, 0.15) is 17.6 Å². The summed E-state index contributed by atoms with van der Waals surface area (Å²) in [6.45, 7) is 11.0. The zero-order valence-electron chi connectivity index (χ0n) is 15.6. The van der Waals surface area contributed by atoms with E-state index in [0.717, 1.165) is 11.3 Å². The Morgan fingerprint density at radius 1 is 1.08 bits per heavy atom. The normalized spacial score (nSPS) is 17.6.